The van der Waals surface area contributed by atoms with Crippen LogP contribution < -0.4 is 5.32 Å². The first-order chi connectivity index (χ1) is 8.15. The summed E-state index contributed by atoms with van der Waals surface area (Å²) in [5.74, 6) is 1.07. The normalized spacial score (nSPS) is 22.4. The van der Waals surface area contributed by atoms with Crippen LogP contribution in [0.25, 0.3) is 0 Å². The summed E-state index contributed by atoms with van der Waals surface area (Å²) in [6.07, 6.45) is 2.27. The van der Waals surface area contributed by atoms with Crippen LogP contribution in [0.2, 0.25) is 5.15 Å². The lowest BCUT2D eigenvalue weighted by Gasteiger charge is -2.21. The van der Waals surface area contributed by atoms with Crippen LogP contribution in [0.1, 0.15) is 18.5 Å². The summed E-state index contributed by atoms with van der Waals surface area (Å²) < 4.78 is 12.1. The van der Waals surface area contributed by atoms with Crippen molar-refractivity contribution in [3.8, 4) is 0 Å². The summed E-state index contributed by atoms with van der Waals surface area (Å²) in [4.78, 5) is 8.22. The van der Waals surface area contributed by atoms with E-state index in [2.05, 4.69) is 15.3 Å². The Kier molecular flexibility index (Phi) is 4.48. The van der Waals surface area contributed by atoms with Gasteiger partial charge in [0.05, 0.1) is 10.8 Å². The Hall–Kier alpha value is -0.520. The molecule has 2 atom stereocenters. The van der Waals surface area contributed by atoms with E-state index in [1.54, 1.807) is 6.07 Å². The van der Waals surface area contributed by atoms with Crippen molar-refractivity contribution in [1.82, 2.24) is 15.3 Å². The van der Waals surface area contributed by atoms with Crippen molar-refractivity contribution >= 4 is 22.4 Å². The summed E-state index contributed by atoms with van der Waals surface area (Å²) in [6.45, 7) is 3.83. The maximum Gasteiger partial charge on any atom is 0.220 e. The van der Waals surface area contributed by atoms with Gasteiger partial charge in [-0.2, -0.15) is 0 Å². The first kappa shape index (κ1) is 12.9. The zero-order valence-electron chi connectivity index (χ0n) is 9.78. The summed E-state index contributed by atoms with van der Waals surface area (Å²) in [6, 6.07) is 1.67. The summed E-state index contributed by atoms with van der Waals surface area (Å²) in [5, 5.41) is 4.04. The molecule has 4 nitrogen and oxygen atoms in total. The fraction of sp³-hybridized carbons (Fsp3) is 0.636. The minimum Gasteiger partial charge on any atom is -0.316 e. The number of nitrogens with zero attached hydrogens (tertiary/aromatic N) is 2. The van der Waals surface area contributed by atoms with Gasteiger partial charge in [-0.05, 0) is 44.8 Å². The minimum absolute atomic E-state index is 0.362. The highest BCUT2D eigenvalue weighted by Crippen LogP contribution is 2.15. The molecule has 0 saturated carbocycles. The van der Waals surface area contributed by atoms with Crippen molar-refractivity contribution in [3.05, 3.63) is 16.9 Å². The van der Waals surface area contributed by atoms with Crippen molar-refractivity contribution in [2.75, 3.05) is 18.8 Å². The molecule has 0 unspecified atom stereocenters. The molecule has 2 heterocycles. The number of halogens is 1. The van der Waals surface area contributed by atoms with Crippen LogP contribution in [0.4, 0.5) is 0 Å². The van der Waals surface area contributed by atoms with Crippen molar-refractivity contribution < 1.29 is 4.21 Å². The maximum atomic E-state index is 12.1. The number of hydrogen-bond donors (Lipinski definition) is 1. The number of piperidine rings is 1. The number of aromatic nitrogens is 2. The molecular formula is C11H16ClN3OS. The van der Waals surface area contributed by atoms with Gasteiger partial charge < -0.3 is 5.32 Å². The quantitative estimate of drug-likeness (QED) is 0.671. The lowest BCUT2D eigenvalue weighted by atomic mass is 10.0. The predicted molar refractivity (Wildman–Crippen MR) is 68.6 cm³/mol. The van der Waals surface area contributed by atoms with Gasteiger partial charge in [0.15, 0.2) is 0 Å². The van der Waals surface area contributed by atoms with E-state index >= 15 is 0 Å². The van der Waals surface area contributed by atoms with Crippen molar-refractivity contribution in [1.29, 1.82) is 0 Å². The first-order valence-corrected chi connectivity index (χ1v) is 7.45. The molecule has 6 heteroatoms. The molecule has 0 aromatic carbocycles. The predicted octanol–water partition coefficient (Wildman–Crippen LogP) is 1.55. The van der Waals surface area contributed by atoms with Crippen molar-refractivity contribution in [2.24, 2.45) is 5.92 Å². The molecule has 17 heavy (non-hydrogen) atoms. The molecule has 1 aromatic heterocycles. The molecule has 1 aliphatic heterocycles. The Morgan fingerprint density at radius 2 is 2.41 bits per heavy atom. The van der Waals surface area contributed by atoms with Gasteiger partial charge in [0.2, 0.25) is 5.16 Å². The highest BCUT2D eigenvalue weighted by Gasteiger charge is 2.18. The van der Waals surface area contributed by atoms with E-state index < -0.39 is 10.8 Å². The molecule has 1 fully saturated rings. The van der Waals surface area contributed by atoms with Gasteiger partial charge in [0.1, 0.15) is 5.15 Å². The molecule has 0 amide bonds. The molecule has 1 saturated heterocycles. The second-order valence-electron chi connectivity index (χ2n) is 4.34. The molecule has 0 aliphatic carbocycles. The van der Waals surface area contributed by atoms with E-state index in [0.29, 0.717) is 22.0 Å². The Balaban J connectivity index is 2.03. The van der Waals surface area contributed by atoms with Gasteiger partial charge in [0.25, 0.3) is 0 Å². The third-order valence-corrected chi connectivity index (χ3v) is 4.35. The average Bonchev–Trinajstić information content (AvgIpc) is 2.29. The van der Waals surface area contributed by atoms with Crippen molar-refractivity contribution in [3.63, 3.8) is 0 Å². The molecule has 0 radical (unpaired) electrons. The Bertz CT molecular complexity index is 401. The van der Waals surface area contributed by atoms with Gasteiger partial charge in [0, 0.05) is 11.4 Å². The maximum absolute atomic E-state index is 12.1. The Morgan fingerprint density at radius 3 is 3.06 bits per heavy atom. The summed E-state index contributed by atoms with van der Waals surface area (Å²) >= 11 is 5.84. The molecule has 94 valence electrons. The van der Waals surface area contributed by atoms with E-state index in [1.807, 2.05) is 6.92 Å². The number of aryl methyl sites for hydroxylation is 1. The number of hydrogen-bond acceptors (Lipinski definition) is 4. The lowest BCUT2D eigenvalue weighted by molar-refractivity contribution is 0.407. The second-order valence-corrected chi connectivity index (χ2v) is 6.12. The van der Waals surface area contributed by atoms with Crippen LogP contribution in [-0.2, 0) is 10.8 Å². The Morgan fingerprint density at radius 1 is 1.59 bits per heavy atom. The van der Waals surface area contributed by atoms with Crippen LogP contribution in [-0.4, -0.2) is 33.0 Å². The third-order valence-electron chi connectivity index (χ3n) is 2.79. The fourth-order valence-corrected chi connectivity index (χ4v) is 3.56. The molecule has 0 bridgehead atoms. The summed E-state index contributed by atoms with van der Waals surface area (Å²) in [5.41, 5.74) is 0.759. The lowest BCUT2D eigenvalue weighted by Crippen LogP contribution is -2.32. The smallest absolute Gasteiger partial charge is 0.220 e. The zero-order chi connectivity index (χ0) is 12.3. The van der Waals surface area contributed by atoms with Crippen LogP contribution >= 0.6 is 11.6 Å². The molecule has 1 N–H and O–H groups in total. The van der Waals surface area contributed by atoms with Gasteiger partial charge in [-0.25, -0.2) is 9.97 Å². The first-order valence-electron chi connectivity index (χ1n) is 5.75. The van der Waals surface area contributed by atoms with E-state index in [4.69, 9.17) is 11.6 Å². The van der Waals surface area contributed by atoms with Gasteiger partial charge in [-0.15, -0.1) is 0 Å². The largest absolute Gasteiger partial charge is 0.316 e. The van der Waals surface area contributed by atoms with Gasteiger partial charge in [-0.3, -0.25) is 4.21 Å². The molecule has 0 spiro atoms. The molecule has 1 aliphatic rings. The fourth-order valence-electron chi connectivity index (χ4n) is 1.96. The van der Waals surface area contributed by atoms with Crippen LogP contribution in [0.5, 0.6) is 0 Å². The van der Waals surface area contributed by atoms with Gasteiger partial charge >= 0.3 is 0 Å². The number of nitrogens with one attached hydrogen (secondary N) is 1. The van der Waals surface area contributed by atoms with E-state index in [1.165, 1.54) is 0 Å². The molecular weight excluding hydrogens is 258 g/mol. The molecule has 1 aromatic rings. The van der Waals surface area contributed by atoms with Gasteiger partial charge in [-0.1, -0.05) is 11.6 Å². The topological polar surface area (TPSA) is 54.9 Å². The average molecular weight is 274 g/mol. The summed E-state index contributed by atoms with van der Waals surface area (Å²) in [7, 11) is -1.15. The van der Waals surface area contributed by atoms with E-state index in [-0.39, 0.29) is 0 Å². The van der Waals surface area contributed by atoms with E-state index in [9.17, 15) is 4.21 Å². The standard InChI is InChI=1S/C11H16ClN3OS/c1-8-5-10(12)15-11(14-8)17(16)7-9-3-2-4-13-6-9/h5,9,13H,2-4,6-7H2,1H3/t9-,17-/m1/s1. The monoisotopic (exact) mass is 273 g/mol. The third kappa shape index (κ3) is 3.72. The highest BCUT2D eigenvalue weighted by atomic mass is 35.5. The zero-order valence-corrected chi connectivity index (χ0v) is 11.4. The second kappa shape index (κ2) is 5.89. The highest BCUT2D eigenvalue weighted by molar-refractivity contribution is 7.84. The van der Waals surface area contributed by atoms with Crippen LogP contribution in [0, 0.1) is 12.8 Å². The van der Waals surface area contributed by atoms with Crippen molar-refractivity contribution in [2.45, 2.75) is 24.9 Å². The SMILES string of the molecule is Cc1cc(Cl)nc([S@](=O)C[C@@H]2CCCNC2)n1. The minimum atomic E-state index is -1.15. The van der Waals surface area contributed by atoms with Crippen LogP contribution in [0.15, 0.2) is 11.2 Å². The van der Waals surface area contributed by atoms with Crippen LogP contribution in [0.3, 0.4) is 0 Å². The molecule has 2 rings (SSSR count). The van der Waals surface area contributed by atoms with E-state index in [0.717, 1.165) is 31.6 Å². The number of rotatable bonds is 3. The Labute approximate surface area is 109 Å².